The van der Waals surface area contributed by atoms with Crippen LogP contribution in [-0.2, 0) is 9.59 Å². The van der Waals surface area contributed by atoms with E-state index in [1.807, 2.05) is 12.2 Å². The number of carbonyl (C=O) groups is 2. The maximum atomic E-state index is 12.8. The highest BCUT2D eigenvalue weighted by Gasteiger charge is 2.61. The van der Waals surface area contributed by atoms with Gasteiger partial charge in [0.2, 0.25) is 5.91 Å². The zero-order valence-electron chi connectivity index (χ0n) is 10.4. The van der Waals surface area contributed by atoms with Crippen molar-refractivity contribution in [2.24, 2.45) is 5.41 Å². The highest BCUT2D eigenvalue weighted by molar-refractivity contribution is 9.09. The van der Waals surface area contributed by atoms with Crippen LogP contribution in [0, 0.1) is 5.41 Å². The van der Waals surface area contributed by atoms with E-state index in [1.165, 1.54) is 0 Å². The monoisotopic (exact) mass is 311 g/mol. The van der Waals surface area contributed by atoms with E-state index in [0.717, 1.165) is 44.9 Å². The number of Topliss-reactive ketones (excluding diaryl/α,β-unsaturated/α-hetero) is 1. The first-order valence-corrected chi connectivity index (χ1v) is 7.72. The third-order valence-electron chi connectivity index (χ3n) is 4.72. The van der Waals surface area contributed by atoms with Crippen molar-refractivity contribution in [2.75, 3.05) is 0 Å². The van der Waals surface area contributed by atoms with Gasteiger partial charge in [0.1, 0.15) is 11.0 Å². The van der Waals surface area contributed by atoms with Gasteiger partial charge in [0.15, 0.2) is 5.78 Å². The van der Waals surface area contributed by atoms with Crippen LogP contribution in [0.3, 0.4) is 0 Å². The first kappa shape index (κ1) is 12.4. The predicted molar refractivity (Wildman–Crippen MR) is 72.5 cm³/mol. The average Bonchev–Trinajstić information content (AvgIpc) is 2.58. The molecule has 1 saturated heterocycles. The smallest absolute Gasteiger partial charge is 0.234 e. The number of allylic oxidation sites excluding steroid dienone is 1. The number of amides is 1. The second-order valence-corrected chi connectivity index (χ2v) is 6.99. The third-order valence-corrected chi connectivity index (χ3v) is 5.49. The Labute approximate surface area is 116 Å². The van der Waals surface area contributed by atoms with Crippen molar-refractivity contribution in [3.8, 4) is 0 Å². The van der Waals surface area contributed by atoms with Crippen LogP contribution in [0.5, 0.6) is 0 Å². The number of hydrogen-bond acceptors (Lipinski definition) is 2. The van der Waals surface area contributed by atoms with E-state index in [-0.39, 0.29) is 11.7 Å². The van der Waals surface area contributed by atoms with Crippen LogP contribution in [0.15, 0.2) is 12.2 Å². The Morgan fingerprint density at radius 1 is 1.17 bits per heavy atom. The lowest BCUT2D eigenvalue weighted by molar-refractivity contribution is -0.138. The fraction of sp³-hybridized carbons (Fsp3) is 0.714. The third kappa shape index (κ3) is 1.61. The van der Waals surface area contributed by atoms with Gasteiger partial charge in [0.05, 0.1) is 0 Å². The largest absolute Gasteiger partial charge is 0.339 e. The Bertz CT molecular complexity index is 426. The lowest BCUT2D eigenvalue weighted by atomic mass is 9.67. The van der Waals surface area contributed by atoms with E-state index in [0.29, 0.717) is 4.83 Å². The van der Waals surface area contributed by atoms with Gasteiger partial charge < -0.3 is 5.32 Å². The Morgan fingerprint density at radius 2 is 1.89 bits per heavy atom. The van der Waals surface area contributed by atoms with Crippen molar-refractivity contribution in [3.05, 3.63) is 12.2 Å². The molecular weight excluding hydrogens is 294 g/mol. The van der Waals surface area contributed by atoms with Crippen LogP contribution in [0.25, 0.3) is 0 Å². The zero-order valence-corrected chi connectivity index (χ0v) is 12.0. The normalized spacial score (nSPS) is 38.4. The minimum absolute atomic E-state index is 0.0233. The molecule has 2 spiro atoms. The van der Waals surface area contributed by atoms with Crippen molar-refractivity contribution < 1.29 is 9.59 Å². The van der Waals surface area contributed by atoms with Gasteiger partial charge in [-0.15, -0.1) is 0 Å². The molecule has 3 nitrogen and oxygen atoms in total. The molecule has 4 heteroatoms. The van der Waals surface area contributed by atoms with Gasteiger partial charge in [-0.2, -0.15) is 0 Å². The molecule has 2 fully saturated rings. The number of halogens is 1. The first-order valence-electron chi connectivity index (χ1n) is 6.80. The molecule has 0 bridgehead atoms. The molecule has 1 saturated carbocycles. The summed E-state index contributed by atoms with van der Waals surface area (Å²) < 4.78 is 0. The molecule has 0 aromatic rings. The average molecular weight is 312 g/mol. The van der Waals surface area contributed by atoms with Crippen molar-refractivity contribution in [1.82, 2.24) is 5.32 Å². The summed E-state index contributed by atoms with van der Waals surface area (Å²) in [6.45, 7) is 0. The Hall–Kier alpha value is -0.640. The molecule has 18 heavy (non-hydrogen) atoms. The standard InChI is InChI=1S/C14H18BrNO2/c15-10-4-8-14(9-5-10)11(17)13(12(18)16-14)6-2-1-3-7-13/h4,8,10H,1-3,5-7,9H2,(H,16,18)/t10-,14+/m0/s1. The zero-order chi connectivity index (χ0) is 12.8. The van der Waals surface area contributed by atoms with E-state index >= 15 is 0 Å². The molecular formula is C14H18BrNO2. The molecule has 0 radical (unpaired) electrons. The summed E-state index contributed by atoms with van der Waals surface area (Å²) in [6.07, 6.45) is 10.2. The van der Waals surface area contributed by atoms with Crippen LogP contribution in [0.4, 0.5) is 0 Å². The van der Waals surface area contributed by atoms with Crippen molar-refractivity contribution in [1.29, 1.82) is 0 Å². The first-order chi connectivity index (χ1) is 8.59. The van der Waals surface area contributed by atoms with E-state index in [1.54, 1.807) is 0 Å². The molecule has 1 heterocycles. The van der Waals surface area contributed by atoms with Gasteiger partial charge in [-0.1, -0.05) is 47.3 Å². The van der Waals surface area contributed by atoms with Gasteiger partial charge in [-0.25, -0.2) is 0 Å². The van der Waals surface area contributed by atoms with Gasteiger partial charge in [-0.05, 0) is 25.7 Å². The van der Waals surface area contributed by atoms with E-state index in [9.17, 15) is 9.59 Å². The van der Waals surface area contributed by atoms with Crippen LogP contribution >= 0.6 is 15.9 Å². The van der Waals surface area contributed by atoms with Crippen LogP contribution < -0.4 is 5.32 Å². The molecule has 0 aromatic carbocycles. The Morgan fingerprint density at radius 3 is 2.50 bits per heavy atom. The maximum Gasteiger partial charge on any atom is 0.234 e. The summed E-state index contributed by atoms with van der Waals surface area (Å²) in [5, 5.41) is 3.00. The molecule has 1 N–H and O–H groups in total. The summed E-state index contributed by atoms with van der Waals surface area (Å²) in [5.74, 6) is 0.111. The molecule has 3 aliphatic rings. The number of alkyl halides is 1. The van der Waals surface area contributed by atoms with Crippen LogP contribution in [0.2, 0.25) is 0 Å². The topological polar surface area (TPSA) is 46.2 Å². The number of nitrogens with one attached hydrogen (secondary N) is 1. The van der Waals surface area contributed by atoms with Gasteiger partial charge >= 0.3 is 0 Å². The van der Waals surface area contributed by atoms with E-state index in [2.05, 4.69) is 21.2 Å². The summed E-state index contributed by atoms with van der Waals surface area (Å²) in [6, 6.07) is 0. The highest BCUT2D eigenvalue weighted by atomic mass is 79.9. The van der Waals surface area contributed by atoms with E-state index in [4.69, 9.17) is 0 Å². The molecule has 2 aliphatic carbocycles. The molecule has 98 valence electrons. The molecule has 2 atom stereocenters. The minimum Gasteiger partial charge on any atom is -0.339 e. The fourth-order valence-electron chi connectivity index (χ4n) is 3.63. The fourth-order valence-corrected chi connectivity index (χ4v) is 4.01. The molecule has 1 aliphatic heterocycles. The van der Waals surface area contributed by atoms with Gasteiger partial charge in [-0.3, -0.25) is 9.59 Å². The number of ketones is 1. The molecule has 0 aromatic heterocycles. The summed E-state index contributed by atoms with van der Waals surface area (Å²) in [5.41, 5.74) is -1.40. The molecule has 0 unspecified atom stereocenters. The van der Waals surface area contributed by atoms with Crippen molar-refractivity contribution in [3.63, 3.8) is 0 Å². The molecule has 3 rings (SSSR count). The Balaban J connectivity index is 1.95. The molecule has 1 amide bonds. The second kappa shape index (κ2) is 4.19. The predicted octanol–water partition coefficient (Wildman–Crippen LogP) is 2.49. The number of carbonyl (C=O) groups excluding carboxylic acids is 2. The van der Waals surface area contributed by atoms with Crippen molar-refractivity contribution >= 4 is 27.6 Å². The quantitative estimate of drug-likeness (QED) is 0.424. The maximum absolute atomic E-state index is 12.8. The van der Waals surface area contributed by atoms with Crippen LogP contribution in [0.1, 0.15) is 44.9 Å². The second-order valence-electron chi connectivity index (χ2n) is 5.81. The Kier molecular flexibility index (Phi) is 2.88. The summed E-state index contributed by atoms with van der Waals surface area (Å²) >= 11 is 3.53. The SMILES string of the molecule is O=C1N[C@@]2(C=C[C@H](Br)CC2)C(=O)C12CCCCC2. The number of rotatable bonds is 0. The minimum atomic E-state index is -0.707. The summed E-state index contributed by atoms with van der Waals surface area (Å²) in [7, 11) is 0. The van der Waals surface area contributed by atoms with Gasteiger partial charge in [0.25, 0.3) is 0 Å². The van der Waals surface area contributed by atoms with Crippen LogP contribution in [-0.4, -0.2) is 22.1 Å². The lowest BCUT2D eigenvalue weighted by Crippen LogP contribution is -2.47. The lowest BCUT2D eigenvalue weighted by Gasteiger charge is -2.32. The number of hydrogen-bond donors (Lipinski definition) is 1. The van der Waals surface area contributed by atoms with Gasteiger partial charge in [0, 0.05) is 4.83 Å². The summed E-state index contributed by atoms with van der Waals surface area (Å²) in [4.78, 5) is 25.5. The van der Waals surface area contributed by atoms with Crippen molar-refractivity contribution in [2.45, 2.75) is 55.3 Å². The highest BCUT2D eigenvalue weighted by Crippen LogP contribution is 2.47. The van der Waals surface area contributed by atoms with E-state index < -0.39 is 11.0 Å².